The Kier molecular flexibility index (Phi) is 6.88. The third-order valence-corrected chi connectivity index (χ3v) is 5.94. The van der Waals surface area contributed by atoms with Crippen molar-refractivity contribution in [1.82, 2.24) is 4.90 Å². The van der Waals surface area contributed by atoms with E-state index in [1.54, 1.807) is 0 Å². The highest BCUT2D eigenvalue weighted by molar-refractivity contribution is 7.12. The summed E-state index contributed by atoms with van der Waals surface area (Å²) in [4.78, 5) is 9.78. The second kappa shape index (κ2) is 9.35. The lowest BCUT2D eigenvalue weighted by Gasteiger charge is -2.33. The van der Waals surface area contributed by atoms with Crippen LogP contribution < -0.4 is 11.1 Å². The number of guanidine groups is 1. The predicted octanol–water partition coefficient (Wildman–Crippen LogP) is 3.98. The van der Waals surface area contributed by atoms with Crippen LogP contribution in [0.5, 0.6) is 0 Å². The number of benzene rings is 1. The minimum atomic E-state index is 0.245. The van der Waals surface area contributed by atoms with Gasteiger partial charge in [-0.3, -0.25) is 9.89 Å². The molecule has 1 aromatic heterocycles. The lowest BCUT2D eigenvalue weighted by Crippen LogP contribution is -2.40. The van der Waals surface area contributed by atoms with Crippen LogP contribution in [0.3, 0.4) is 0 Å². The highest BCUT2D eigenvalue weighted by Crippen LogP contribution is 2.28. The highest BCUT2D eigenvalue weighted by atomic mass is 32.1. The molecule has 1 unspecified atom stereocenters. The van der Waals surface area contributed by atoms with Crippen molar-refractivity contribution in [3.05, 3.63) is 51.7 Å². The summed E-state index contributed by atoms with van der Waals surface area (Å²) in [7, 11) is 0. The van der Waals surface area contributed by atoms with Crippen molar-refractivity contribution < 1.29 is 4.74 Å². The van der Waals surface area contributed by atoms with E-state index in [1.165, 1.54) is 15.3 Å². The zero-order valence-corrected chi connectivity index (χ0v) is 17.3. The van der Waals surface area contributed by atoms with Crippen molar-refractivity contribution in [1.29, 1.82) is 0 Å². The second-order valence-corrected chi connectivity index (χ2v) is 8.56. The van der Waals surface area contributed by atoms with E-state index >= 15 is 0 Å². The van der Waals surface area contributed by atoms with Crippen LogP contribution in [0, 0.1) is 6.92 Å². The van der Waals surface area contributed by atoms with Crippen LogP contribution in [0.1, 0.15) is 41.1 Å². The molecule has 0 bridgehead atoms. The van der Waals surface area contributed by atoms with Crippen LogP contribution >= 0.6 is 11.3 Å². The van der Waals surface area contributed by atoms with Crippen molar-refractivity contribution in [3.8, 4) is 0 Å². The molecule has 0 aliphatic carbocycles. The monoisotopic (exact) mass is 386 g/mol. The van der Waals surface area contributed by atoms with E-state index in [0.29, 0.717) is 18.4 Å². The van der Waals surface area contributed by atoms with Gasteiger partial charge in [-0.2, -0.15) is 0 Å². The number of nitrogens with one attached hydrogen (secondary N) is 1. The lowest BCUT2D eigenvalue weighted by atomic mass is 10.0. The van der Waals surface area contributed by atoms with Crippen LogP contribution in [-0.4, -0.2) is 43.7 Å². The van der Waals surface area contributed by atoms with Gasteiger partial charge >= 0.3 is 0 Å². The Labute approximate surface area is 166 Å². The average Bonchev–Trinajstić information content (AvgIpc) is 3.09. The van der Waals surface area contributed by atoms with E-state index in [0.717, 1.165) is 32.0 Å². The van der Waals surface area contributed by atoms with Crippen LogP contribution in [0.25, 0.3) is 0 Å². The van der Waals surface area contributed by atoms with Crippen molar-refractivity contribution in [2.24, 2.45) is 10.7 Å². The van der Waals surface area contributed by atoms with E-state index in [2.05, 4.69) is 66.3 Å². The van der Waals surface area contributed by atoms with Crippen LogP contribution in [0.15, 0.2) is 41.4 Å². The van der Waals surface area contributed by atoms with Gasteiger partial charge in [0, 0.05) is 28.5 Å². The molecule has 3 N–H and O–H groups in total. The Bertz CT molecular complexity index is 765. The Morgan fingerprint density at radius 3 is 2.70 bits per heavy atom. The SMILES string of the molecule is Cc1ccc(C(CN=C(N)Nc2cccc(C(C)C)c2)N2CCOCC2)s1. The number of nitrogens with two attached hydrogens (primary N) is 1. The molecular weight excluding hydrogens is 356 g/mol. The number of hydrogen-bond acceptors (Lipinski definition) is 4. The van der Waals surface area contributed by atoms with Gasteiger partial charge in [0.05, 0.1) is 25.8 Å². The fourth-order valence-corrected chi connectivity index (χ4v) is 4.26. The molecule has 1 aliphatic heterocycles. The summed E-state index contributed by atoms with van der Waals surface area (Å²) in [6.45, 7) is 10.6. The van der Waals surface area contributed by atoms with Gasteiger partial charge in [-0.25, -0.2) is 0 Å². The van der Waals surface area contributed by atoms with E-state index in [-0.39, 0.29) is 6.04 Å². The molecule has 146 valence electrons. The molecule has 27 heavy (non-hydrogen) atoms. The second-order valence-electron chi connectivity index (χ2n) is 7.24. The van der Waals surface area contributed by atoms with E-state index in [9.17, 15) is 0 Å². The van der Waals surface area contributed by atoms with Gasteiger partial charge in [0.15, 0.2) is 5.96 Å². The molecule has 1 aromatic carbocycles. The molecule has 3 rings (SSSR count). The van der Waals surface area contributed by atoms with Crippen LogP contribution in [0.4, 0.5) is 5.69 Å². The Balaban J connectivity index is 1.70. The summed E-state index contributed by atoms with van der Waals surface area (Å²) in [5, 5.41) is 3.24. The first-order valence-electron chi connectivity index (χ1n) is 9.58. The molecule has 2 heterocycles. The topological polar surface area (TPSA) is 62.9 Å². The summed E-state index contributed by atoms with van der Waals surface area (Å²) < 4.78 is 5.51. The fourth-order valence-electron chi connectivity index (χ4n) is 3.25. The summed E-state index contributed by atoms with van der Waals surface area (Å²) >= 11 is 1.84. The first kappa shape index (κ1) is 19.9. The average molecular weight is 387 g/mol. The first-order valence-corrected chi connectivity index (χ1v) is 10.4. The van der Waals surface area contributed by atoms with Crippen molar-refractivity contribution in [2.45, 2.75) is 32.7 Å². The molecule has 1 atom stereocenters. The van der Waals surface area contributed by atoms with Crippen LogP contribution in [-0.2, 0) is 4.74 Å². The molecule has 0 radical (unpaired) electrons. The number of ether oxygens (including phenoxy) is 1. The van der Waals surface area contributed by atoms with Gasteiger partial charge in [-0.05, 0) is 42.7 Å². The first-order chi connectivity index (χ1) is 13.0. The van der Waals surface area contributed by atoms with Crippen molar-refractivity contribution >= 4 is 23.0 Å². The van der Waals surface area contributed by atoms with Gasteiger partial charge in [-0.15, -0.1) is 11.3 Å². The number of aliphatic imine (C=N–C) groups is 1. The Hall–Kier alpha value is -1.89. The number of aryl methyl sites for hydroxylation is 1. The summed E-state index contributed by atoms with van der Waals surface area (Å²) in [5.41, 5.74) is 8.46. The smallest absolute Gasteiger partial charge is 0.193 e. The number of morpholine rings is 1. The lowest BCUT2D eigenvalue weighted by molar-refractivity contribution is 0.0187. The number of nitrogens with zero attached hydrogens (tertiary/aromatic N) is 2. The third-order valence-electron chi connectivity index (χ3n) is 4.84. The van der Waals surface area contributed by atoms with Gasteiger partial charge in [0.2, 0.25) is 0 Å². The Morgan fingerprint density at radius 1 is 1.26 bits per heavy atom. The minimum absolute atomic E-state index is 0.245. The molecule has 0 amide bonds. The third kappa shape index (κ3) is 5.54. The molecule has 0 spiro atoms. The maximum atomic E-state index is 6.19. The Morgan fingerprint density at radius 2 is 2.04 bits per heavy atom. The van der Waals surface area contributed by atoms with E-state index < -0.39 is 0 Å². The zero-order chi connectivity index (χ0) is 19.2. The standard InChI is InChI=1S/C21H30N4OS/c1-15(2)17-5-4-6-18(13-17)24-21(22)23-14-19(20-8-7-16(3)27-20)25-9-11-26-12-10-25/h4-8,13,15,19H,9-12,14H2,1-3H3,(H3,22,23,24). The van der Waals surface area contributed by atoms with Crippen molar-refractivity contribution in [3.63, 3.8) is 0 Å². The maximum absolute atomic E-state index is 6.19. The quantitative estimate of drug-likeness (QED) is 0.582. The fraction of sp³-hybridized carbons (Fsp3) is 0.476. The molecule has 1 aliphatic rings. The number of thiophene rings is 1. The molecule has 1 fully saturated rings. The summed E-state index contributed by atoms with van der Waals surface area (Å²) in [6.07, 6.45) is 0. The molecular formula is C21H30N4OS. The summed E-state index contributed by atoms with van der Waals surface area (Å²) in [6, 6.07) is 13.0. The van der Waals surface area contributed by atoms with Gasteiger partial charge in [-0.1, -0.05) is 26.0 Å². The molecule has 0 saturated carbocycles. The minimum Gasteiger partial charge on any atom is -0.379 e. The molecule has 2 aromatic rings. The zero-order valence-electron chi connectivity index (χ0n) is 16.4. The largest absolute Gasteiger partial charge is 0.379 e. The van der Waals surface area contributed by atoms with E-state index in [1.807, 2.05) is 17.4 Å². The van der Waals surface area contributed by atoms with Gasteiger partial charge < -0.3 is 15.8 Å². The van der Waals surface area contributed by atoms with Crippen molar-refractivity contribution in [2.75, 3.05) is 38.2 Å². The number of rotatable bonds is 6. The van der Waals surface area contributed by atoms with Gasteiger partial charge in [0.1, 0.15) is 0 Å². The maximum Gasteiger partial charge on any atom is 0.193 e. The number of hydrogen-bond donors (Lipinski definition) is 2. The van der Waals surface area contributed by atoms with E-state index in [4.69, 9.17) is 10.5 Å². The summed E-state index contributed by atoms with van der Waals surface area (Å²) in [5.74, 6) is 0.945. The van der Waals surface area contributed by atoms with Gasteiger partial charge in [0.25, 0.3) is 0 Å². The predicted molar refractivity (Wildman–Crippen MR) is 115 cm³/mol. The molecule has 5 nitrogen and oxygen atoms in total. The molecule has 6 heteroatoms. The highest BCUT2D eigenvalue weighted by Gasteiger charge is 2.23. The van der Waals surface area contributed by atoms with Crippen LogP contribution in [0.2, 0.25) is 0 Å². The number of anilines is 1. The molecule has 1 saturated heterocycles. The normalized spacial score (nSPS) is 17.3.